The molecule has 1 aliphatic carbocycles. The van der Waals surface area contributed by atoms with Crippen molar-refractivity contribution >= 4 is 11.9 Å². The van der Waals surface area contributed by atoms with Gasteiger partial charge in [-0.3, -0.25) is 4.79 Å². The van der Waals surface area contributed by atoms with Crippen molar-refractivity contribution in [3.63, 3.8) is 0 Å². The summed E-state index contributed by atoms with van der Waals surface area (Å²) < 4.78 is 0. The molecule has 0 saturated carbocycles. The number of hydrogen-bond acceptors (Lipinski definition) is 2. The van der Waals surface area contributed by atoms with Gasteiger partial charge in [0.15, 0.2) is 0 Å². The maximum absolute atomic E-state index is 12.3. The molecule has 1 aromatic rings. The van der Waals surface area contributed by atoms with Crippen molar-refractivity contribution < 1.29 is 9.59 Å². The monoisotopic (exact) mass is 313 g/mol. The fraction of sp³-hybridized carbons (Fsp3) is 0.444. The molecule has 1 saturated heterocycles. The van der Waals surface area contributed by atoms with Crippen molar-refractivity contribution in [3.8, 4) is 0 Å². The van der Waals surface area contributed by atoms with Crippen molar-refractivity contribution in [2.45, 2.75) is 38.3 Å². The number of likely N-dealkylation sites (tertiary alicyclic amines) is 1. The molecule has 0 radical (unpaired) electrons. The van der Waals surface area contributed by atoms with Crippen molar-refractivity contribution in [1.29, 1.82) is 0 Å². The molecule has 3 rings (SSSR count). The van der Waals surface area contributed by atoms with Gasteiger partial charge in [-0.15, -0.1) is 0 Å². The average Bonchev–Trinajstić information content (AvgIpc) is 3.26. The van der Waals surface area contributed by atoms with Gasteiger partial charge in [-0.05, 0) is 43.4 Å². The molecular weight excluding hydrogens is 290 g/mol. The zero-order valence-corrected chi connectivity index (χ0v) is 13.3. The minimum Gasteiger partial charge on any atom is -0.339 e. The number of benzene rings is 1. The second kappa shape index (κ2) is 7.31. The molecule has 122 valence electrons. The molecule has 0 bridgehead atoms. The van der Waals surface area contributed by atoms with Crippen LogP contribution in [0.25, 0.3) is 0 Å². The molecule has 0 spiro atoms. The Hall–Kier alpha value is -2.30. The molecule has 23 heavy (non-hydrogen) atoms. The molecule has 1 heterocycles. The van der Waals surface area contributed by atoms with Gasteiger partial charge in [0.25, 0.3) is 5.91 Å². The van der Waals surface area contributed by atoms with Crippen LogP contribution in [0, 0.1) is 0 Å². The highest BCUT2D eigenvalue weighted by Gasteiger charge is 2.19. The first-order valence-electron chi connectivity index (χ1n) is 8.30. The molecule has 1 aromatic carbocycles. The molecule has 0 unspecified atom stereocenters. The number of hydrogen-bond donors (Lipinski definition) is 2. The molecule has 3 amide bonds. The number of amides is 3. The Morgan fingerprint density at radius 2 is 1.70 bits per heavy atom. The predicted octanol–water partition coefficient (Wildman–Crippen LogP) is 2.44. The molecular formula is C18H23N3O2. The van der Waals surface area contributed by atoms with E-state index in [1.807, 2.05) is 29.2 Å². The van der Waals surface area contributed by atoms with E-state index in [9.17, 15) is 9.59 Å². The van der Waals surface area contributed by atoms with E-state index >= 15 is 0 Å². The second-order valence-electron chi connectivity index (χ2n) is 6.16. The Labute approximate surface area is 136 Å². The summed E-state index contributed by atoms with van der Waals surface area (Å²) in [5, 5.41) is 5.80. The van der Waals surface area contributed by atoms with E-state index in [0.717, 1.165) is 49.9 Å². The largest absolute Gasteiger partial charge is 0.339 e. The summed E-state index contributed by atoms with van der Waals surface area (Å²) in [5.74, 6) is 0.105. The van der Waals surface area contributed by atoms with Gasteiger partial charge in [0, 0.05) is 31.2 Å². The number of carbonyl (C=O) groups excluding carboxylic acids is 2. The standard InChI is InChI=1S/C18H23N3O2/c22-17(21-11-3-4-12-21)15-9-7-14(8-10-15)13-19-18(23)20-16-5-1-2-6-16/h1-2,7-10,16H,3-6,11-13H2,(H2,19,20,23). The van der Waals surface area contributed by atoms with Gasteiger partial charge in [0.2, 0.25) is 0 Å². The quantitative estimate of drug-likeness (QED) is 0.839. The van der Waals surface area contributed by atoms with Gasteiger partial charge in [-0.1, -0.05) is 24.3 Å². The highest BCUT2D eigenvalue weighted by Crippen LogP contribution is 2.13. The van der Waals surface area contributed by atoms with Crippen molar-refractivity contribution in [1.82, 2.24) is 15.5 Å². The molecule has 1 aliphatic heterocycles. The molecule has 2 aliphatic rings. The van der Waals surface area contributed by atoms with Gasteiger partial charge in [-0.25, -0.2) is 4.79 Å². The summed E-state index contributed by atoms with van der Waals surface area (Å²) in [4.78, 5) is 26.0. The van der Waals surface area contributed by atoms with E-state index in [4.69, 9.17) is 0 Å². The fourth-order valence-electron chi connectivity index (χ4n) is 3.02. The Morgan fingerprint density at radius 1 is 1.04 bits per heavy atom. The maximum Gasteiger partial charge on any atom is 0.315 e. The van der Waals surface area contributed by atoms with Gasteiger partial charge in [0.05, 0.1) is 0 Å². The third-order valence-corrected chi connectivity index (χ3v) is 4.39. The molecule has 0 atom stereocenters. The van der Waals surface area contributed by atoms with E-state index in [2.05, 4.69) is 22.8 Å². The van der Waals surface area contributed by atoms with Gasteiger partial charge in [-0.2, -0.15) is 0 Å². The third kappa shape index (κ3) is 4.12. The predicted molar refractivity (Wildman–Crippen MR) is 89.1 cm³/mol. The van der Waals surface area contributed by atoms with Gasteiger partial charge >= 0.3 is 6.03 Å². The average molecular weight is 313 g/mol. The van der Waals surface area contributed by atoms with E-state index < -0.39 is 0 Å². The smallest absolute Gasteiger partial charge is 0.315 e. The van der Waals surface area contributed by atoms with Crippen LogP contribution in [0.4, 0.5) is 4.79 Å². The lowest BCUT2D eigenvalue weighted by atomic mass is 10.1. The van der Waals surface area contributed by atoms with Crippen LogP contribution < -0.4 is 10.6 Å². The first-order chi connectivity index (χ1) is 11.2. The highest BCUT2D eigenvalue weighted by molar-refractivity contribution is 5.94. The number of carbonyl (C=O) groups is 2. The fourth-order valence-corrected chi connectivity index (χ4v) is 3.02. The number of nitrogens with zero attached hydrogens (tertiary/aromatic N) is 1. The number of urea groups is 1. The van der Waals surface area contributed by atoms with Crippen LogP contribution in [0.1, 0.15) is 41.6 Å². The molecule has 2 N–H and O–H groups in total. The first-order valence-corrected chi connectivity index (χ1v) is 8.30. The Kier molecular flexibility index (Phi) is 4.95. The Balaban J connectivity index is 1.47. The summed E-state index contributed by atoms with van der Waals surface area (Å²) in [5.41, 5.74) is 1.71. The van der Waals surface area contributed by atoms with Crippen molar-refractivity contribution in [2.75, 3.05) is 13.1 Å². The lowest BCUT2D eigenvalue weighted by Crippen LogP contribution is -2.40. The molecule has 0 aromatic heterocycles. The lowest BCUT2D eigenvalue weighted by Gasteiger charge is -2.15. The van der Waals surface area contributed by atoms with E-state index in [-0.39, 0.29) is 18.0 Å². The van der Waals surface area contributed by atoms with E-state index in [1.165, 1.54) is 0 Å². The van der Waals surface area contributed by atoms with Crippen LogP contribution in [0.3, 0.4) is 0 Å². The van der Waals surface area contributed by atoms with Crippen molar-refractivity contribution in [3.05, 3.63) is 47.5 Å². The normalized spacial score (nSPS) is 17.5. The minimum absolute atomic E-state index is 0.105. The first kappa shape index (κ1) is 15.6. The van der Waals surface area contributed by atoms with Gasteiger partial charge < -0.3 is 15.5 Å². The van der Waals surface area contributed by atoms with Crippen LogP contribution in [0.5, 0.6) is 0 Å². The zero-order chi connectivity index (χ0) is 16.1. The lowest BCUT2D eigenvalue weighted by molar-refractivity contribution is 0.0793. The van der Waals surface area contributed by atoms with E-state index in [1.54, 1.807) is 0 Å². The molecule has 5 heteroatoms. The summed E-state index contributed by atoms with van der Waals surface area (Å²) in [6, 6.07) is 7.57. The van der Waals surface area contributed by atoms with Crippen molar-refractivity contribution in [2.24, 2.45) is 0 Å². The van der Waals surface area contributed by atoms with Crippen LogP contribution in [0.2, 0.25) is 0 Å². The summed E-state index contributed by atoms with van der Waals surface area (Å²) in [7, 11) is 0. The topological polar surface area (TPSA) is 61.4 Å². The van der Waals surface area contributed by atoms with Crippen LogP contribution in [0.15, 0.2) is 36.4 Å². The number of rotatable bonds is 4. The van der Waals surface area contributed by atoms with Crippen LogP contribution >= 0.6 is 0 Å². The highest BCUT2D eigenvalue weighted by atomic mass is 16.2. The van der Waals surface area contributed by atoms with Gasteiger partial charge in [0.1, 0.15) is 0 Å². The SMILES string of the molecule is O=C(NCc1ccc(C(=O)N2CCCC2)cc1)NC1CC=CC1. The second-order valence-corrected chi connectivity index (χ2v) is 6.16. The van der Waals surface area contributed by atoms with Crippen LogP contribution in [-0.4, -0.2) is 36.0 Å². The van der Waals surface area contributed by atoms with E-state index in [0.29, 0.717) is 6.54 Å². The molecule has 1 fully saturated rings. The third-order valence-electron chi connectivity index (χ3n) is 4.39. The number of nitrogens with one attached hydrogen (secondary N) is 2. The molecule has 5 nitrogen and oxygen atoms in total. The Bertz CT molecular complexity index is 581. The summed E-state index contributed by atoms with van der Waals surface area (Å²) in [6.45, 7) is 2.18. The zero-order valence-electron chi connectivity index (χ0n) is 13.3. The minimum atomic E-state index is -0.143. The maximum atomic E-state index is 12.3. The summed E-state index contributed by atoms with van der Waals surface area (Å²) >= 11 is 0. The Morgan fingerprint density at radius 3 is 2.35 bits per heavy atom. The van der Waals surface area contributed by atoms with Crippen LogP contribution in [-0.2, 0) is 6.54 Å². The summed E-state index contributed by atoms with van der Waals surface area (Å²) in [6.07, 6.45) is 8.17.